The molecule has 1 aromatic rings. The van der Waals surface area contributed by atoms with Gasteiger partial charge in [-0.15, -0.1) is 11.6 Å². The van der Waals surface area contributed by atoms with Crippen LogP contribution in [0.5, 0.6) is 0 Å². The number of hydrogen-bond donors (Lipinski definition) is 0. The summed E-state index contributed by atoms with van der Waals surface area (Å²) in [6, 6.07) is 5.71. The smallest absolute Gasteiger partial charge is 0.0409 e. The van der Waals surface area contributed by atoms with Gasteiger partial charge in [0.25, 0.3) is 0 Å². The summed E-state index contributed by atoms with van der Waals surface area (Å²) in [6.45, 7) is 0. The van der Waals surface area contributed by atoms with Crippen LogP contribution >= 0.6 is 39.1 Å². The fourth-order valence-electron chi connectivity index (χ4n) is 0.837. The summed E-state index contributed by atoms with van der Waals surface area (Å²) in [5, 5.41) is 0.758. The lowest BCUT2D eigenvalue weighted by Gasteiger charge is -2.01. The zero-order valence-electron chi connectivity index (χ0n) is 5.78. The highest BCUT2D eigenvalue weighted by molar-refractivity contribution is 9.10. The molecule has 0 spiro atoms. The summed E-state index contributed by atoms with van der Waals surface area (Å²) < 4.78 is 1.07. The van der Waals surface area contributed by atoms with E-state index in [4.69, 9.17) is 23.2 Å². The Bertz CT molecular complexity index is 248. The van der Waals surface area contributed by atoms with Gasteiger partial charge < -0.3 is 0 Å². The largest absolute Gasteiger partial charge is 0.126 e. The third-order valence-electron chi connectivity index (χ3n) is 1.37. The first-order chi connectivity index (χ1) is 5.24. The number of halogens is 3. The molecule has 0 amide bonds. The second-order valence-electron chi connectivity index (χ2n) is 2.17. The van der Waals surface area contributed by atoms with Crippen molar-refractivity contribution in [1.82, 2.24) is 0 Å². The van der Waals surface area contributed by atoms with E-state index in [2.05, 4.69) is 15.9 Å². The van der Waals surface area contributed by atoms with Crippen molar-refractivity contribution < 1.29 is 0 Å². The zero-order chi connectivity index (χ0) is 8.27. The Hall–Kier alpha value is 0.280. The van der Waals surface area contributed by atoms with E-state index in [1.807, 2.05) is 18.2 Å². The van der Waals surface area contributed by atoms with E-state index in [1.165, 1.54) is 0 Å². The van der Waals surface area contributed by atoms with Crippen LogP contribution in [0.3, 0.4) is 0 Å². The van der Waals surface area contributed by atoms with E-state index >= 15 is 0 Å². The molecule has 1 rings (SSSR count). The lowest BCUT2D eigenvalue weighted by atomic mass is 10.2. The summed E-state index contributed by atoms with van der Waals surface area (Å²) in [4.78, 5) is 0. The lowest BCUT2D eigenvalue weighted by molar-refractivity contribution is 1.14. The topological polar surface area (TPSA) is 0 Å². The van der Waals surface area contributed by atoms with Crippen molar-refractivity contribution in [3.05, 3.63) is 33.3 Å². The maximum Gasteiger partial charge on any atom is 0.0409 e. The molecule has 0 nitrogen and oxygen atoms in total. The molecular weight excluding hydrogens is 247 g/mol. The Balaban J connectivity index is 2.93. The molecule has 0 aliphatic rings. The molecule has 0 heterocycles. The molecule has 0 saturated heterocycles. The molecule has 3 heteroatoms. The molecular formula is C8H7BrCl2. The van der Waals surface area contributed by atoms with Gasteiger partial charge in [0.05, 0.1) is 0 Å². The second-order valence-corrected chi connectivity index (χ2v) is 3.84. The van der Waals surface area contributed by atoms with Crippen molar-refractivity contribution in [2.24, 2.45) is 0 Å². The molecule has 1 aromatic carbocycles. The molecule has 0 atom stereocenters. The molecule has 0 bridgehead atoms. The molecule has 11 heavy (non-hydrogen) atoms. The molecule has 0 aliphatic carbocycles. The first kappa shape index (κ1) is 9.37. The van der Waals surface area contributed by atoms with Crippen LogP contribution in [0, 0.1) is 0 Å². The fraction of sp³-hybridized carbons (Fsp3) is 0.250. The van der Waals surface area contributed by atoms with Crippen LogP contribution in [-0.4, -0.2) is 5.88 Å². The van der Waals surface area contributed by atoms with Gasteiger partial charge in [0.15, 0.2) is 0 Å². The third-order valence-corrected chi connectivity index (χ3v) is 2.57. The van der Waals surface area contributed by atoms with E-state index in [-0.39, 0.29) is 0 Å². The minimum Gasteiger partial charge on any atom is -0.126 e. The van der Waals surface area contributed by atoms with Crippen molar-refractivity contribution in [2.45, 2.75) is 6.42 Å². The number of aryl methyl sites for hydroxylation is 1. The van der Waals surface area contributed by atoms with E-state index in [0.29, 0.717) is 5.88 Å². The monoisotopic (exact) mass is 252 g/mol. The summed E-state index contributed by atoms with van der Waals surface area (Å²) in [5.74, 6) is 0.624. The zero-order valence-corrected chi connectivity index (χ0v) is 8.88. The fourth-order valence-corrected chi connectivity index (χ4v) is 1.68. The Morgan fingerprint density at radius 3 is 2.73 bits per heavy atom. The van der Waals surface area contributed by atoms with Gasteiger partial charge in [-0.2, -0.15) is 0 Å². The van der Waals surface area contributed by atoms with Crippen LogP contribution in [0.15, 0.2) is 22.7 Å². The van der Waals surface area contributed by atoms with Gasteiger partial charge in [0, 0.05) is 15.4 Å². The highest BCUT2D eigenvalue weighted by Gasteiger charge is 1.98. The predicted octanol–water partition coefficient (Wildman–Crippen LogP) is 3.88. The van der Waals surface area contributed by atoms with Crippen molar-refractivity contribution >= 4 is 39.1 Å². The number of alkyl halides is 1. The predicted molar refractivity (Wildman–Crippen MR) is 53.6 cm³/mol. The first-order valence-corrected chi connectivity index (χ1v) is 4.94. The highest BCUT2D eigenvalue weighted by atomic mass is 79.9. The standard InChI is InChI=1S/C8H7BrCl2/c9-8-2-1-7(11)5-6(8)3-4-10/h1-2,5H,3-4H2. The van der Waals surface area contributed by atoms with E-state index < -0.39 is 0 Å². The van der Waals surface area contributed by atoms with Gasteiger partial charge in [-0.1, -0.05) is 27.5 Å². The number of rotatable bonds is 2. The van der Waals surface area contributed by atoms with Gasteiger partial charge >= 0.3 is 0 Å². The average Bonchev–Trinajstić information content (AvgIpc) is 1.98. The summed E-state index contributed by atoms with van der Waals surface area (Å²) in [5.41, 5.74) is 1.16. The maximum absolute atomic E-state index is 5.79. The van der Waals surface area contributed by atoms with Crippen molar-refractivity contribution in [2.75, 3.05) is 5.88 Å². The quantitative estimate of drug-likeness (QED) is 0.702. The van der Waals surface area contributed by atoms with Crippen molar-refractivity contribution in [3.8, 4) is 0 Å². The summed E-state index contributed by atoms with van der Waals surface area (Å²) in [6.07, 6.45) is 0.850. The Labute approximate surface area is 84.6 Å². The van der Waals surface area contributed by atoms with Crippen LogP contribution in [0.25, 0.3) is 0 Å². The number of benzene rings is 1. The molecule has 0 aromatic heterocycles. The van der Waals surface area contributed by atoms with E-state index in [1.54, 1.807) is 0 Å². The minimum atomic E-state index is 0.624. The maximum atomic E-state index is 5.79. The molecule has 0 aliphatic heterocycles. The lowest BCUT2D eigenvalue weighted by Crippen LogP contribution is -1.87. The van der Waals surface area contributed by atoms with Crippen LogP contribution in [0.1, 0.15) is 5.56 Å². The number of hydrogen-bond acceptors (Lipinski definition) is 0. The van der Waals surface area contributed by atoms with Crippen LogP contribution < -0.4 is 0 Å². The van der Waals surface area contributed by atoms with Crippen molar-refractivity contribution in [3.63, 3.8) is 0 Å². The minimum absolute atomic E-state index is 0.624. The van der Waals surface area contributed by atoms with Gasteiger partial charge in [-0.3, -0.25) is 0 Å². The molecule has 0 fully saturated rings. The molecule has 0 saturated carbocycles. The SMILES string of the molecule is ClCCc1cc(Cl)ccc1Br. The second kappa shape index (κ2) is 4.34. The van der Waals surface area contributed by atoms with Gasteiger partial charge in [0.2, 0.25) is 0 Å². The molecule has 0 radical (unpaired) electrons. The Morgan fingerprint density at radius 2 is 2.09 bits per heavy atom. The third kappa shape index (κ3) is 2.66. The molecule has 60 valence electrons. The van der Waals surface area contributed by atoms with Crippen LogP contribution in [0.4, 0.5) is 0 Å². The Morgan fingerprint density at radius 1 is 1.36 bits per heavy atom. The van der Waals surface area contributed by atoms with Crippen molar-refractivity contribution in [1.29, 1.82) is 0 Å². The average molecular weight is 254 g/mol. The summed E-state index contributed by atoms with van der Waals surface area (Å²) >= 11 is 14.8. The highest BCUT2D eigenvalue weighted by Crippen LogP contribution is 2.21. The first-order valence-electron chi connectivity index (χ1n) is 3.24. The van der Waals surface area contributed by atoms with Gasteiger partial charge in [-0.25, -0.2) is 0 Å². The van der Waals surface area contributed by atoms with Crippen LogP contribution in [0.2, 0.25) is 5.02 Å². The van der Waals surface area contributed by atoms with Gasteiger partial charge in [0.1, 0.15) is 0 Å². The normalized spacial score (nSPS) is 10.1. The molecule has 0 unspecified atom stereocenters. The van der Waals surface area contributed by atoms with E-state index in [0.717, 1.165) is 21.5 Å². The summed E-state index contributed by atoms with van der Waals surface area (Å²) in [7, 11) is 0. The van der Waals surface area contributed by atoms with Gasteiger partial charge in [-0.05, 0) is 30.2 Å². The Kier molecular flexibility index (Phi) is 3.70. The van der Waals surface area contributed by atoms with Crippen LogP contribution in [-0.2, 0) is 6.42 Å². The molecule has 0 N–H and O–H groups in total. The van der Waals surface area contributed by atoms with E-state index in [9.17, 15) is 0 Å².